The topological polar surface area (TPSA) is 32.7 Å². The highest BCUT2D eigenvalue weighted by Crippen LogP contribution is 2.29. The summed E-state index contributed by atoms with van der Waals surface area (Å²) in [6.07, 6.45) is 0. The lowest BCUT2D eigenvalue weighted by Crippen LogP contribution is -2.34. The van der Waals surface area contributed by atoms with Crippen LogP contribution in [-0.2, 0) is 10.3 Å². The van der Waals surface area contributed by atoms with Gasteiger partial charge in [-0.25, -0.2) is 0 Å². The Kier molecular flexibility index (Phi) is 7.56. The van der Waals surface area contributed by atoms with Crippen molar-refractivity contribution in [1.82, 2.24) is 4.90 Å². The summed E-state index contributed by atoms with van der Waals surface area (Å²) in [7, 11) is 4.01. The van der Waals surface area contributed by atoms with Crippen LogP contribution < -0.4 is 0 Å². The SMILES string of the molecule is CN(C)CCOCC(O)(c1ccccc1)c1ccccc1.Cl. The van der Waals surface area contributed by atoms with Crippen LogP contribution in [0.2, 0.25) is 0 Å². The van der Waals surface area contributed by atoms with E-state index in [9.17, 15) is 5.11 Å². The molecule has 0 unspecified atom stereocenters. The van der Waals surface area contributed by atoms with E-state index in [0.29, 0.717) is 6.61 Å². The normalized spacial score (nSPS) is 11.3. The fourth-order valence-corrected chi connectivity index (χ4v) is 2.23. The Morgan fingerprint density at radius 1 is 0.909 bits per heavy atom. The van der Waals surface area contributed by atoms with Crippen molar-refractivity contribution in [1.29, 1.82) is 0 Å². The van der Waals surface area contributed by atoms with Gasteiger partial charge in [-0.3, -0.25) is 0 Å². The number of aliphatic hydroxyl groups is 1. The van der Waals surface area contributed by atoms with Gasteiger partial charge in [-0.1, -0.05) is 60.7 Å². The maximum Gasteiger partial charge on any atom is 0.138 e. The lowest BCUT2D eigenvalue weighted by atomic mass is 9.87. The van der Waals surface area contributed by atoms with Gasteiger partial charge in [-0.2, -0.15) is 0 Å². The molecule has 2 aromatic rings. The summed E-state index contributed by atoms with van der Waals surface area (Å²) in [5, 5.41) is 11.2. The van der Waals surface area contributed by atoms with Gasteiger partial charge < -0.3 is 14.7 Å². The van der Waals surface area contributed by atoms with Gasteiger partial charge in [0.15, 0.2) is 0 Å². The van der Waals surface area contributed by atoms with Gasteiger partial charge in [0, 0.05) is 6.54 Å². The van der Waals surface area contributed by atoms with Crippen molar-refractivity contribution in [2.75, 3.05) is 33.9 Å². The molecule has 0 aliphatic heterocycles. The zero-order chi connectivity index (χ0) is 15.1. The van der Waals surface area contributed by atoms with Crippen LogP contribution in [0, 0.1) is 0 Å². The van der Waals surface area contributed by atoms with E-state index >= 15 is 0 Å². The molecule has 0 amide bonds. The van der Waals surface area contributed by atoms with E-state index < -0.39 is 5.60 Å². The van der Waals surface area contributed by atoms with Crippen molar-refractivity contribution in [2.24, 2.45) is 0 Å². The van der Waals surface area contributed by atoms with Crippen LogP contribution in [0.5, 0.6) is 0 Å². The van der Waals surface area contributed by atoms with Crippen molar-refractivity contribution >= 4 is 12.4 Å². The van der Waals surface area contributed by atoms with Crippen LogP contribution >= 0.6 is 12.4 Å². The molecule has 0 spiro atoms. The Labute approximate surface area is 138 Å². The Morgan fingerprint density at radius 2 is 1.36 bits per heavy atom. The molecule has 0 saturated carbocycles. The quantitative estimate of drug-likeness (QED) is 0.796. The summed E-state index contributed by atoms with van der Waals surface area (Å²) in [5.74, 6) is 0. The first kappa shape index (κ1) is 18.7. The number of hydrogen-bond donors (Lipinski definition) is 1. The summed E-state index contributed by atoms with van der Waals surface area (Å²) < 4.78 is 5.73. The van der Waals surface area contributed by atoms with Gasteiger partial charge in [0.05, 0.1) is 13.2 Å². The number of rotatable bonds is 7. The van der Waals surface area contributed by atoms with E-state index in [2.05, 4.69) is 4.90 Å². The number of halogens is 1. The summed E-state index contributed by atoms with van der Waals surface area (Å²) in [6.45, 7) is 1.67. The number of ether oxygens (including phenoxy) is 1. The van der Waals surface area contributed by atoms with E-state index in [1.807, 2.05) is 74.8 Å². The number of benzene rings is 2. The minimum atomic E-state index is -1.12. The van der Waals surface area contributed by atoms with E-state index in [-0.39, 0.29) is 19.0 Å². The Balaban J connectivity index is 0.00000242. The number of likely N-dealkylation sites (N-methyl/N-ethyl adjacent to an activating group) is 1. The molecule has 0 saturated heterocycles. The molecule has 0 aliphatic carbocycles. The Bertz CT molecular complexity index is 492. The minimum Gasteiger partial charge on any atom is -0.378 e. The van der Waals surface area contributed by atoms with Crippen LogP contribution in [-0.4, -0.2) is 43.9 Å². The molecule has 22 heavy (non-hydrogen) atoms. The van der Waals surface area contributed by atoms with Crippen LogP contribution in [0.25, 0.3) is 0 Å². The zero-order valence-electron chi connectivity index (χ0n) is 13.1. The molecular weight excluding hydrogens is 298 g/mol. The fraction of sp³-hybridized carbons (Fsp3) is 0.333. The monoisotopic (exact) mass is 321 g/mol. The van der Waals surface area contributed by atoms with E-state index in [1.165, 1.54) is 0 Å². The summed E-state index contributed by atoms with van der Waals surface area (Å²) in [4.78, 5) is 2.06. The summed E-state index contributed by atoms with van der Waals surface area (Å²) in [5.41, 5.74) is 0.580. The van der Waals surface area contributed by atoms with Crippen molar-refractivity contribution in [3.05, 3.63) is 71.8 Å². The molecule has 4 heteroatoms. The third-order valence-electron chi connectivity index (χ3n) is 3.50. The van der Waals surface area contributed by atoms with Gasteiger partial charge in [0.1, 0.15) is 5.60 Å². The molecule has 0 aromatic heterocycles. The van der Waals surface area contributed by atoms with Crippen molar-refractivity contribution in [3.8, 4) is 0 Å². The number of nitrogens with zero attached hydrogens (tertiary/aromatic N) is 1. The fourth-order valence-electron chi connectivity index (χ4n) is 2.23. The molecule has 3 nitrogen and oxygen atoms in total. The molecule has 1 N–H and O–H groups in total. The van der Waals surface area contributed by atoms with Crippen LogP contribution in [0.1, 0.15) is 11.1 Å². The van der Waals surface area contributed by atoms with E-state index in [1.54, 1.807) is 0 Å². The highest BCUT2D eigenvalue weighted by molar-refractivity contribution is 5.85. The second-order valence-corrected chi connectivity index (χ2v) is 5.45. The third-order valence-corrected chi connectivity index (χ3v) is 3.50. The molecule has 0 radical (unpaired) electrons. The Hall–Kier alpha value is -1.39. The summed E-state index contributed by atoms with van der Waals surface area (Å²) in [6, 6.07) is 19.4. The molecular formula is C18H24ClNO2. The molecule has 0 aliphatic rings. The second-order valence-electron chi connectivity index (χ2n) is 5.45. The molecule has 0 fully saturated rings. The highest BCUT2D eigenvalue weighted by Gasteiger charge is 2.31. The first-order chi connectivity index (χ1) is 10.1. The van der Waals surface area contributed by atoms with Crippen molar-refractivity contribution < 1.29 is 9.84 Å². The molecule has 2 aromatic carbocycles. The summed E-state index contributed by atoms with van der Waals surface area (Å²) >= 11 is 0. The molecule has 0 atom stereocenters. The maximum atomic E-state index is 11.2. The van der Waals surface area contributed by atoms with Gasteiger partial charge in [0.25, 0.3) is 0 Å². The first-order valence-electron chi connectivity index (χ1n) is 7.19. The largest absolute Gasteiger partial charge is 0.378 e. The molecule has 120 valence electrons. The Morgan fingerprint density at radius 3 is 1.77 bits per heavy atom. The number of hydrogen-bond acceptors (Lipinski definition) is 3. The highest BCUT2D eigenvalue weighted by atomic mass is 35.5. The van der Waals surface area contributed by atoms with Gasteiger partial charge in [-0.15, -0.1) is 12.4 Å². The van der Waals surface area contributed by atoms with Gasteiger partial charge in [0.2, 0.25) is 0 Å². The van der Waals surface area contributed by atoms with Crippen LogP contribution in [0.15, 0.2) is 60.7 Å². The van der Waals surface area contributed by atoms with Gasteiger partial charge >= 0.3 is 0 Å². The minimum absolute atomic E-state index is 0. The third kappa shape index (κ3) is 4.82. The van der Waals surface area contributed by atoms with E-state index in [4.69, 9.17) is 4.74 Å². The van der Waals surface area contributed by atoms with Crippen molar-refractivity contribution in [3.63, 3.8) is 0 Å². The lowest BCUT2D eigenvalue weighted by molar-refractivity contribution is -0.0248. The average Bonchev–Trinajstić information content (AvgIpc) is 2.53. The second kappa shape index (κ2) is 8.91. The lowest BCUT2D eigenvalue weighted by Gasteiger charge is -2.29. The van der Waals surface area contributed by atoms with Gasteiger partial charge in [-0.05, 0) is 25.2 Å². The zero-order valence-corrected chi connectivity index (χ0v) is 13.9. The van der Waals surface area contributed by atoms with Crippen LogP contribution in [0.4, 0.5) is 0 Å². The molecule has 0 heterocycles. The smallest absolute Gasteiger partial charge is 0.138 e. The van der Waals surface area contributed by atoms with Crippen LogP contribution in [0.3, 0.4) is 0 Å². The first-order valence-corrected chi connectivity index (χ1v) is 7.19. The predicted octanol–water partition coefficient (Wildman–Crippen LogP) is 2.92. The van der Waals surface area contributed by atoms with Crippen molar-refractivity contribution in [2.45, 2.75) is 5.60 Å². The maximum absolute atomic E-state index is 11.2. The van der Waals surface area contributed by atoms with E-state index in [0.717, 1.165) is 17.7 Å². The standard InChI is InChI=1S/C18H23NO2.ClH/c1-19(2)13-14-21-15-18(20,16-9-5-3-6-10-16)17-11-7-4-8-12-17;/h3-12,20H,13-15H2,1-2H3;1H. The average molecular weight is 322 g/mol. The predicted molar refractivity (Wildman–Crippen MR) is 92.5 cm³/mol. The molecule has 2 rings (SSSR count). The molecule has 0 bridgehead atoms.